The quantitative estimate of drug-likeness (QED) is 0.784. The van der Waals surface area contributed by atoms with Gasteiger partial charge in [-0.15, -0.1) is 7.05 Å². The number of primary sulfonamides is 1. The van der Waals surface area contributed by atoms with Gasteiger partial charge in [0.25, 0.3) is 10.0 Å². The lowest BCUT2D eigenvalue weighted by molar-refractivity contribution is -0.424. The van der Waals surface area contributed by atoms with Gasteiger partial charge in [-0.3, -0.25) is 0 Å². The molecule has 2 aromatic rings. The first-order chi connectivity index (χ1) is 7.63. The molecular weight excluding hydrogens is 228 g/mol. The van der Waals surface area contributed by atoms with Crippen LogP contribution in [0.15, 0.2) is 46.2 Å². The van der Waals surface area contributed by atoms with E-state index in [1.807, 2.05) is 0 Å². The number of quaternary nitrogens is 1. The molecule has 0 aliphatic heterocycles. The Labute approximate surface area is 93.2 Å². The van der Waals surface area contributed by atoms with E-state index >= 15 is 0 Å². The van der Waals surface area contributed by atoms with E-state index in [2.05, 4.69) is 12.0 Å². The zero-order chi connectivity index (χ0) is 11.6. The van der Waals surface area contributed by atoms with Crippen LogP contribution in [0.2, 0.25) is 0 Å². The predicted molar refractivity (Wildman–Crippen MR) is 56.4 cm³/mol. The van der Waals surface area contributed by atoms with E-state index in [4.69, 9.17) is 4.42 Å². The first-order valence-corrected chi connectivity index (χ1v) is 6.04. The van der Waals surface area contributed by atoms with E-state index in [9.17, 15) is 8.42 Å². The van der Waals surface area contributed by atoms with Gasteiger partial charge in [-0.05, 0) is 24.3 Å². The molecule has 16 heavy (non-hydrogen) atoms. The molecule has 0 unspecified atom stereocenters. The van der Waals surface area contributed by atoms with E-state index < -0.39 is 10.0 Å². The van der Waals surface area contributed by atoms with Crippen molar-refractivity contribution in [3.8, 4) is 11.3 Å². The van der Waals surface area contributed by atoms with Crippen LogP contribution < -0.4 is 4.72 Å². The van der Waals surface area contributed by atoms with Crippen molar-refractivity contribution in [3.05, 3.63) is 43.9 Å². The molecule has 5 nitrogen and oxygen atoms in total. The summed E-state index contributed by atoms with van der Waals surface area (Å²) in [6.45, 7) is 0. The molecule has 0 bridgehead atoms. The summed E-state index contributed by atoms with van der Waals surface area (Å²) >= 11 is 0. The van der Waals surface area contributed by atoms with Crippen LogP contribution in [0.5, 0.6) is 0 Å². The van der Waals surface area contributed by atoms with Crippen molar-refractivity contribution in [1.82, 2.24) is 4.98 Å². The topological polar surface area (TPSA) is 76.8 Å². The van der Waals surface area contributed by atoms with Gasteiger partial charge in [0.1, 0.15) is 4.90 Å². The summed E-state index contributed by atoms with van der Waals surface area (Å²) in [6, 6.07) is 6.34. The fourth-order valence-electron chi connectivity index (χ4n) is 1.26. The number of benzene rings is 1. The molecule has 1 aromatic carbocycles. The lowest BCUT2D eigenvalue weighted by atomic mass is 10.2. The highest BCUT2D eigenvalue weighted by atomic mass is 32.2. The number of aromatic nitrogens is 1. The van der Waals surface area contributed by atoms with E-state index in [1.54, 1.807) is 18.3 Å². The molecule has 0 atom stereocenters. The number of hydrogen-bond acceptors (Lipinski definition) is 4. The Hall–Kier alpha value is -1.66. The maximum Gasteiger partial charge on any atom is 0.299 e. The Morgan fingerprint density at radius 3 is 2.44 bits per heavy atom. The number of rotatable bonds is 3. The Morgan fingerprint density at radius 2 is 1.94 bits per heavy atom. The number of nitrogens with zero attached hydrogens (tertiary/aromatic N) is 1. The fourth-order valence-corrected chi connectivity index (χ4v) is 1.97. The summed E-state index contributed by atoms with van der Waals surface area (Å²) in [5.74, 6) is 0.600. The van der Waals surface area contributed by atoms with Gasteiger partial charge in [0.15, 0.2) is 12.2 Å². The van der Waals surface area contributed by atoms with Gasteiger partial charge in [-0.1, -0.05) is 0 Å². The molecule has 84 valence electrons. The van der Waals surface area contributed by atoms with E-state index in [0.29, 0.717) is 5.76 Å². The molecule has 6 heteroatoms. The molecule has 0 spiro atoms. The first-order valence-electron chi connectivity index (χ1n) is 4.50. The molecule has 0 aliphatic carbocycles. The monoisotopic (exact) mass is 238 g/mol. The number of nitrogens with two attached hydrogens (primary N) is 1. The molecule has 0 amide bonds. The average molecular weight is 238 g/mol. The molecule has 2 rings (SSSR count). The third kappa shape index (κ3) is 1.98. The van der Waals surface area contributed by atoms with E-state index in [0.717, 1.165) is 10.3 Å². The summed E-state index contributed by atoms with van der Waals surface area (Å²) in [5, 5.41) is 0. The largest absolute Gasteiger partial charge is 0.444 e. The zero-order valence-corrected chi connectivity index (χ0v) is 9.15. The second-order valence-electron chi connectivity index (χ2n) is 3.10. The summed E-state index contributed by atoms with van der Waals surface area (Å²) in [6.07, 6.45) is 2.89. The Bertz CT molecular complexity index is 559. The minimum absolute atomic E-state index is 0.214. The van der Waals surface area contributed by atoms with Gasteiger partial charge in [-0.2, -0.15) is 8.42 Å². The molecule has 0 fully saturated rings. The van der Waals surface area contributed by atoms with Crippen molar-refractivity contribution >= 4 is 10.0 Å². The summed E-state index contributed by atoms with van der Waals surface area (Å²) in [5.41, 5.74) is 0.778. The van der Waals surface area contributed by atoms with Crippen LogP contribution >= 0.6 is 0 Å². The van der Waals surface area contributed by atoms with Crippen molar-refractivity contribution in [2.45, 2.75) is 4.90 Å². The normalized spacial score (nSPS) is 11.6. The Kier molecular flexibility index (Phi) is 2.76. The molecule has 0 aliphatic rings. The molecule has 0 saturated carbocycles. The van der Waals surface area contributed by atoms with Crippen molar-refractivity contribution < 1.29 is 17.6 Å². The lowest BCUT2D eigenvalue weighted by Crippen LogP contribution is -2.80. The maximum atomic E-state index is 11.4. The van der Waals surface area contributed by atoms with Crippen LogP contribution in [0.3, 0.4) is 0 Å². The standard InChI is InChI=1S/C10H10N2O3S/c1-11-16(13,14)9-4-2-8(3-5-9)10-6-12-7-15-10/h2-7H,1,11H2. The van der Waals surface area contributed by atoms with Crippen LogP contribution in [0, 0.1) is 7.05 Å². The minimum Gasteiger partial charge on any atom is -0.444 e. The second-order valence-corrected chi connectivity index (χ2v) is 5.00. The number of hydrogen-bond donors (Lipinski definition) is 1. The SMILES string of the molecule is [CH2-][NH2+]S(=O)(=O)c1ccc(-c2cnco2)cc1. The highest BCUT2D eigenvalue weighted by molar-refractivity contribution is 7.84. The number of oxazole rings is 1. The van der Waals surface area contributed by atoms with Gasteiger partial charge >= 0.3 is 0 Å². The summed E-state index contributed by atoms with van der Waals surface area (Å²) in [7, 11) is -0.102. The smallest absolute Gasteiger partial charge is 0.299 e. The number of sulfonamides is 1. The molecular formula is C10H10N2O3S. The van der Waals surface area contributed by atoms with Gasteiger partial charge in [0, 0.05) is 5.56 Å². The van der Waals surface area contributed by atoms with Gasteiger partial charge in [0.2, 0.25) is 0 Å². The predicted octanol–water partition coefficient (Wildman–Crippen LogP) is 0.385. The van der Waals surface area contributed by atoms with Crippen molar-refractivity contribution in [1.29, 1.82) is 0 Å². The Morgan fingerprint density at radius 1 is 1.25 bits per heavy atom. The molecule has 0 saturated heterocycles. The molecule has 1 aromatic heterocycles. The average Bonchev–Trinajstić information content (AvgIpc) is 2.83. The van der Waals surface area contributed by atoms with Crippen LogP contribution in [0.1, 0.15) is 0 Å². The van der Waals surface area contributed by atoms with Crippen molar-refractivity contribution in [2.75, 3.05) is 0 Å². The summed E-state index contributed by atoms with van der Waals surface area (Å²) < 4.78 is 28.9. The van der Waals surface area contributed by atoms with E-state index in [-0.39, 0.29) is 4.90 Å². The molecule has 0 radical (unpaired) electrons. The first kappa shape index (κ1) is 10.8. The van der Waals surface area contributed by atoms with Gasteiger partial charge in [0.05, 0.1) is 6.20 Å². The minimum atomic E-state index is -3.37. The molecule has 1 heterocycles. The van der Waals surface area contributed by atoms with Crippen LogP contribution in [0.25, 0.3) is 11.3 Å². The van der Waals surface area contributed by atoms with Crippen LogP contribution in [0.4, 0.5) is 0 Å². The Balaban J connectivity index is 2.38. The highest BCUT2D eigenvalue weighted by Crippen LogP contribution is 2.19. The molecule has 2 N–H and O–H groups in total. The lowest BCUT2D eigenvalue weighted by Gasteiger charge is -2.03. The van der Waals surface area contributed by atoms with Gasteiger partial charge < -0.3 is 9.14 Å². The van der Waals surface area contributed by atoms with Gasteiger partial charge in [-0.25, -0.2) is 4.98 Å². The zero-order valence-electron chi connectivity index (χ0n) is 8.33. The second kappa shape index (κ2) is 4.07. The maximum absolute atomic E-state index is 11.4. The highest BCUT2D eigenvalue weighted by Gasteiger charge is 2.12. The fraction of sp³-hybridized carbons (Fsp3) is 0. The van der Waals surface area contributed by atoms with Crippen LogP contribution in [-0.2, 0) is 10.0 Å². The van der Waals surface area contributed by atoms with Crippen LogP contribution in [-0.4, -0.2) is 13.4 Å². The third-order valence-corrected chi connectivity index (χ3v) is 3.49. The van der Waals surface area contributed by atoms with Crippen molar-refractivity contribution in [2.24, 2.45) is 0 Å². The van der Waals surface area contributed by atoms with E-state index in [1.165, 1.54) is 18.5 Å². The van der Waals surface area contributed by atoms with Crippen molar-refractivity contribution in [3.63, 3.8) is 0 Å². The summed E-state index contributed by atoms with van der Waals surface area (Å²) in [4.78, 5) is 4.00. The third-order valence-electron chi connectivity index (χ3n) is 2.12.